The molecular formula is C35H50N4O4S. The molecule has 3 saturated carbocycles. The molecule has 0 aliphatic heterocycles. The summed E-state index contributed by atoms with van der Waals surface area (Å²) in [5.41, 5.74) is 6.97. The van der Waals surface area contributed by atoms with Crippen LogP contribution in [0.3, 0.4) is 0 Å². The number of nitrogens with two attached hydrogens (primary N) is 1. The van der Waals surface area contributed by atoms with Gasteiger partial charge in [0.05, 0.1) is 18.2 Å². The van der Waals surface area contributed by atoms with E-state index in [1.807, 2.05) is 25.1 Å². The fraction of sp³-hybridized carbons (Fsp3) is 0.629. The lowest BCUT2D eigenvalue weighted by Gasteiger charge is -2.61. The molecule has 0 saturated heterocycles. The Morgan fingerprint density at radius 1 is 1.34 bits per heavy atom. The van der Waals surface area contributed by atoms with Crippen molar-refractivity contribution in [1.29, 1.82) is 0 Å². The second kappa shape index (κ2) is 13.1. The number of esters is 1. The lowest BCUT2D eigenvalue weighted by Crippen LogP contribution is -2.63. The van der Waals surface area contributed by atoms with Crippen molar-refractivity contribution in [1.82, 2.24) is 15.3 Å². The number of benzene rings is 1. The summed E-state index contributed by atoms with van der Waals surface area (Å²) >= 11 is 1.46. The van der Waals surface area contributed by atoms with E-state index in [2.05, 4.69) is 54.8 Å². The highest BCUT2D eigenvalue weighted by Crippen LogP contribution is 2.68. The number of carbonyl (C=O) groups is 2. The van der Waals surface area contributed by atoms with Crippen molar-refractivity contribution in [2.45, 2.75) is 95.9 Å². The molecule has 5 rings (SSSR count). The summed E-state index contributed by atoms with van der Waals surface area (Å²) in [7, 11) is 0. The van der Waals surface area contributed by atoms with E-state index in [-0.39, 0.29) is 46.7 Å². The van der Waals surface area contributed by atoms with Gasteiger partial charge in [0.1, 0.15) is 11.9 Å². The molecule has 3 unspecified atom stereocenters. The molecule has 2 bridgehead atoms. The van der Waals surface area contributed by atoms with Crippen molar-refractivity contribution in [3.05, 3.63) is 60.7 Å². The summed E-state index contributed by atoms with van der Waals surface area (Å²) in [6.45, 7) is 14.0. The number of carbonyl (C=O) groups excluding carboxylic acids is 2. The first-order valence-electron chi connectivity index (χ1n) is 16.1. The highest BCUT2D eigenvalue weighted by atomic mass is 32.2. The molecule has 1 aromatic heterocycles. The maximum atomic E-state index is 13.6. The first-order valence-corrected chi connectivity index (χ1v) is 17.1. The van der Waals surface area contributed by atoms with Gasteiger partial charge in [-0.15, -0.1) is 18.3 Å². The number of imidazole rings is 1. The van der Waals surface area contributed by atoms with E-state index < -0.39 is 23.0 Å². The largest absolute Gasteiger partial charge is 0.461 e. The van der Waals surface area contributed by atoms with Gasteiger partial charge < -0.3 is 25.9 Å². The average Bonchev–Trinajstić information content (AvgIpc) is 3.65. The molecule has 0 radical (unpaired) electrons. The molecule has 9 heteroatoms. The summed E-state index contributed by atoms with van der Waals surface area (Å²) in [6, 6.07) is 8.12. The topological polar surface area (TPSA) is 130 Å². The molecule has 0 spiro atoms. The second-order valence-corrected chi connectivity index (χ2v) is 15.2. The van der Waals surface area contributed by atoms with Crippen LogP contribution >= 0.6 is 11.8 Å². The molecule has 240 valence electrons. The number of ketones is 1. The fourth-order valence-electron chi connectivity index (χ4n) is 8.73. The Labute approximate surface area is 266 Å². The van der Waals surface area contributed by atoms with Crippen molar-refractivity contribution in [3.63, 3.8) is 0 Å². The van der Waals surface area contributed by atoms with Crippen molar-refractivity contribution in [3.8, 4) is 0 Å². The first-order chi connectivity index (χ1) is 20.9. The smallest absolute Gasteiger partial charge is 0.316 e. The lowest BCUT2D eigenvalue weighted by molar-refractivity contribution is -0.205. The number of ether oxygens (including phenoxy) is 1. The quantitative estimate of drug-likeness (QED) is 0.155. The standard InChI is InChI=1S/C35H50N4O4S/c1-6-33(4)16-29(34(5)22(2)10-12-35(23(3)32(33)42)13-11-28(40)31(34)35)43-30(41)20-44-27-9-7-8-24(14-27)17-37-18-25(36)15-26-19-38-21-39-26/h6-9,14,19,21-23,25,29,31-32,37,42H,1,10-13,15-18,20,36H2,2-5H3,(H,38,39)/t22?,23-,25+,29+,31?,32-,33+,34-,35?/m0/s1. The van der Waals surface area contributed by atoms with E-state index in [1.54, 1.807) is 12.5 Å². The van der Waals surface area contributed by atoms with Gasteiger partial charge in [-0.25, -0.2) is 4.98 Å². The number of H-pyrrole nitrogens is 1. The normalized spacial score (nSPS) is 35.8. The van der Waals surface area contributed by atoms with Gasteiger partial charge in [-0.1, -0.05) is 45.9 Å². The summed E-state index contributed by atoms with van der Waals surface area (Å²) < 4.78 is 6.40. The van der Waals surface area contributed by atoms with Gasteiger partial charge in [0.15, 0.2) is 0 Å². The highest BCUT2D eigenvalue weighted by molar-refractivity contribution is 8.00. The number of hydrogen-bond acceptors (Lipinski definition) is 8. The SMILES string of the molecule is C=C[C@]1(C)C[C@@H](OC(=O)CSc2cccc(CNC[C@H](N)Cc3cnc[nH]3)c2)[C@]2(C)C(C)CCC3(CCC(=O)C32)[C@@H](C)[C@@H]1O. The summed E-state index contributed by atoms with van der Waals surface area (Å²) in [4.78, 5) is 35.2. The van der Waals surface area contributed by atoms with Crippen LogP contribution in [0.1, 0.15) is 71.1 Å². The lowest BCUT2D eigenvalue weighted by atomic mass is 9.44. The second-order valence-electron chi connectivity index (χ2n) is 14.2. The zero-order valence-corrected chi connectivity index (χ0v) is 27.5. The zero-order chi connectivity index (χ0) is 31.7. The Kier molecular flexibility index (Phi) is 9.81. The van der Waals surface area contributed by atoms with E-state index in [0.29, 0.717) is 25.9 Å². The minimum atomic E-state index is -0.668. The third kappa shape index (κ3) is 6.17. The molecular weight excluding hydrogens is 572 g/mol. The number of aromatic amines is 1. The monoisotopic (exact) mass is 622 g/mol. The summed E-state index contributed by atoms with van der Waals surface area (Å²) in [5.74, 6) is 0.0814. The summed E-state index contributed by atoms with van der Waals surface area (Å²) in [5, 5.41) is 15.2. The predicted octanol–water partition coefficient (Wildman–Crippen LogP) is 5.07. The van der Waals surface area contributed by atoms with Crippen LogP contribution in [0.25, 0.3) is 0 Å². The van der Waals surface area contributed by atoms with E-state index in [1.165, 1.54) is 11.8 Å². The van der Waals surface area contributed by atoms with Crippen molar-refractivity contribution >= 4 is 23.5 Å². The van der Waals surface area contributed by atoms with Crippen LogP contribution in [-0.4, -0.2) is 57.4 Å². The molecule has 44 heavy (non-hydrogen) atoms. The Balaban J connectivity index is 1.25. The molecule has 1 aromatic carbocycles. The van der Waals surface area contributed by atoms with Gasteiger partial charge in [0.2, 0.25) is 0 Å². The van der Waals surface area contributed by atoms with E-state index in [0.717, 1.165) is 41.8 Å². The average molecular weight is 623 g/mol. The Morgan fingerprint density at radius 3 is 2.86 bits per heavy atom. The van der Waals surface area contributed by atoms with Crippen LogP contribution in [0, 0.1) is 34.0 Å². The minimum absolute atomic E-state index is 0.0261. The maximum absolute atomic E-state index is 13.6. The van der Waals surface area contributed by atoms with Gasteiger partial charge in [0.25, 0.3) is 0 Å². The van der Waals surface area contributed by atoms with Crippen LogP contribution in [-0.2, 0) is 27.3 Å². The maximum Gasteiger partial charge on any atom is 0.316 e. The van der Waals surface area contributed by atoms with E-state index in [4.69, 9.17) is 10.5 Å². The van der Waals surface area contributed by atoms with Crippen molar-refractivity contribution in [2.75, 3.05) is 12.3 Å². The third-order valence-electron chi connectivity index (χ3n) is 11.6. The Hall–Kier alpha value is -2.46. The molecule has 9 atom stereocenters. The number of rotatable bonds is 11. The number of Topliss-reactive ketones (excluding diaryl/α,β-unsaturated/α-hetero) is 1. The number of hydrogen-bond donors (Lipinski definition) is 4. The van der Waals surface area contributed by atoms with E-state index in [9.17, 15) is 14.7 Å². The molecule has 0 amide bonds. The van der Waals surface area contributed by atoms with Gasteiger partial charge in [-0.3, -0.25) is 9.59 Å². The zero-order valence-electron chi connectivity index (χ0n) is 26.7. The molecule has 8 nitrogen and oxygen atoms in total. The molecule has 3 aliphatic rings. The van der Waals surface area contributed by atoms with Gasteiger partial charge in [-0.2, -0.15) is 0 Å². The Morgan fingerprint density at radius 2 is 2.14 bits per heavy atom. The van der Waals surface area contributed by atoms with Crippen molar-refractivity contribution in [2.24, 2.45) is 39.7 Å². The molecule has 5 N–H and O–H groups in total. The Bertz CT molecular complexity index is 1340. The van der Waals surface area contributed by atoms with Crippen molar-refractivity contribution < 1.29 is 19.4 Å². The summed E-state index contributed by atoms with van der Waals surface area (Å²) in [6.07, 6.45) is 8.51. The molecule has 2 aromatic rings. The minimum Gasteiger partial charge on any atom is -0.461 e. The van der Waals surface area contributed by atoms with Crippen LogP contribution in [0.5, 0.6) is 0 Å². The molecule has 3 fully saturated rings. The first kappa shape index (κ1) is 32.9. The highest BCUT2D eigenvalue weighted by Gasteiger charge is 2.68. The van der Waals surface area contributed by atoms with Gasteiger partial charge in [0, 0.05) is 65.5 Å². The van der Waals surface area contributed by atoms with Crippen LogP contribution < -0.4 is 11.1 Å². The van der Waals surface area contributed by atoms with Crippen LogP contribution in [0.4, 0.5) is 0 Å². The van der Waals surface area contributed by atoms with Gasteiger partial charge in [-0.05, 0) is 60.6 Å². The number of thioether (sulfide) groups is 1. The van der Waals surface area contributed by atoms with Gasteiger partial charge >= 0.3 is 5.97 Å². The predicted molar refractivity (Wildman–Crippen MR) is 174 cm³/mol. The molecule has 3 aliphatic carbocycles. The number of nitrogens with zero attached hydrogens (tertiary/aromatic N) is 1. The van der Waals surface area contributed by atoms with Crippen LogP contribution in [0.2, 0.25) is 0 Å². The molecule has 1 heterocycles. The van der Waals surface area contributed by atoms with Crippen LogP contribution in [0.15, 0.2) is 54.3 Å². The van der Waals surface area contributed by atoms with E-state index >= 15 is 0 Å². The number of nitrogens with one attached hydrogen (secondary N) is 2. The number of aliphatic hydroxyl groups excluding tert-OH is 1. The third-order valence-corrected chi connectivity index (χ3v) is 12.6. The fourth-order valence-corrected chi connectivity index (χ4v) is 9.50. The number of aliphatic hydroxyl groups is 1. The number of aromatic nitrogens is 2.